The minimum absolute atomic E-state index is 0.126. The fraction of sp³-hybridized carbons (Fsp3) is 0.273. The summed E-state index contributed by atoms with van der Waals surface area (Å²) in [4.78, 5) is 25.0. The predicted octanol–water partition coefficient (Wildman–Crippen LogP) is 3.62. The predicted molar refractivity (Wildman–Crippen MR) is 102 cm³/mol. The van der Waals surface area contributed by atoms with Gasteiger partial charge in [0.2, 0.25) is 5.91 Å². The van der Waals surface area contributed by atoms with Gasteiger partial charge in [-0.25, -0.2) is 4.79 Å². The number of hydrogen-bond donors (Lipinski definition) is 1. The molecular weight excluding hydrogens is 342 g/mol. The Balaban J connectivity index is 1.87. The van der Waals surface area contributed by atoms with Gasteiger partial charge in [-0.3, -0.25) is 4.79 Å². The lowest BCUT2D eigenvalue weighted by molar-refractivity contribution is -0.141. The summed E-state index contributed by atoms with van der Waals surface area (Å²) in [7, 11) is 1.58. The van der Waals surface area contributed by atoms with Crippen LogP contribution in [-0.4, -0.2) is 19.0 Å². The quantitative estimate of drug-likeness (QED) is 0.822. The van der Waals surface area contributed by atoms with Crippen molar-refractivity contribution in [2.75, 3.05) is 7.11 Å². The Bertz CT molecular complexity index is 883. The molecule has 0 saturated heterocycles. The van der Waals surface area contributed by atoms with Crippen molar-refractivity contribution in [1.29, 1.82) is 0 Å². The number of esters is 1. The molecule has 1 atom stereocenters. The zero-order chi connectivity index (χ0) is 19.4. The molecule has 0 bridgehead atoms. The Hall–Kier alpha value is -3.08. The van der Waals surface area contributed by atoms with Gasteiger partial charge in [0.15, 0.2) is 0 Å². The number of allylic oxidation sites excluding steroid dienone is 1. The number of aryl methyl sites for hydroxylation is 1. The summed E-state index contributed by atoms with van der Waals surface area (Å²) < 4.78 is 11.0. The molecule has 0 saturated carbocycles. The molecule has 1 N–H and O–H groups in total. The van der Waals surface area contributed by atoms with Crippen LogP contribution < -0.4 is 10.1 Å². The number of amides is 1. The van der Waals surface area contributed by atoms with E-state index in [1.165, 1.54) is 0 Å². The molecule has 0 aromatic heterocycles. The summed E-state index contributed by atoms with van der Waals surface area (Å²) in [6.45, 7) is 3.91. The summed E-state index contributed by atoms with van der Waals surface area (Å²) in [5, 5.41) is 2.75. The molecule has 5 nitrogen and oxygen atoms in total. The van der Waals surface area contributed by atoms with E-state index in [1.807, 2.05) is 55.5 Å². The summed E-state index contributed by atoms with van der Waals surface area (Å²) in [6, 6.07) is 15.3. The van der Waals surface area contributed by atoms with Crippen molar-refractivity contribution in [3.8, 4) is 5.75 Å². The van der Waals surface area contributed by atoms with E-state index in [9.17, 15) is 9.59 Å². The Morgan fingerprint density at radius 2 is 1.81 bits per heavy atom. The van der Waals surface area contributed by atoms with Crippen molar-refractivity contribution in [3.05, 3.63) is 76.5 Å². The highest BCUT2D eigenvalue weighted by Crippen LogP contribution is 2.38. The van der Waals surface area contributed by atoms with Gasteiger partial charge in [-0.1, -0.05) is 48.0 Å². The molecule has 3 rings (SSSR count). The maximum absolute atomic E-state index is 12.9. The Kier molecular flexibility index (Phi) is 5.60. The highest BCUT2D eigenvalue weighted by molar-refractivity contribution is 5.96. The van der Waals surface area contributed by atoms with Crippen molar-refractivity contribution in [2.45, 2.75) is 32.8 Å². The van der Waals surface area contributed by atoms with Gasteiger partial charge in [0.1, 0.15) is 12.4 Å². The second kappa shape index (κ2) is 8.08. The van der Waals surface area contributed by atoms with Crippen molar-refractivity contribution in [1.82, 2.24) is 5.32 Å². The average molecular weight is 365 g/mol. The summed E-state index contributed by atoms with van der Waals surface area (Å²) in [5.41, 5.74) is 3.86. The molecule has 2 aromatic carbocycles. The summed E-state index contributed by atoms with van der Waals surface area (Å²) in [5.74, 6) is -0.309. The van der Waals surface area contributed by atoms with Gasteiger partial charge >= 0.3 is 5.97 Å². The number of carbonyl (C=O) groups excluding carboxylic acids is 2. The third kappa shape index (κ3) is 4.19. The van der Waals surface area contributed by atoms with Crippen LogP contribution in [0.3, 0.4) is 0 Å². The first-order chi connectivity index (χ1) is 13.0. The van der Waals surface area contributed by atoms with Crippen LogP contribution in [0.15, 0.2) is 59.8 Å². The zero-order valence-corrected chi connectivity index (χ0v) is 15.7. The molecule has 0 spiro atoms. The molecule has 1 aliphatic rings. The Labute approximate surface area is 159 Å². The number of ether oxygens (including phenoxy) is 2. The summed E-state index contributed by atoms with van der Waals surface area (Å²) >= 11 is 0. The molecule has 0 radical (unpaired) electrons. The van der Waals surface area contributed by atoms with Crippen LogP contribution >= 0.6 is 0 Å². The van der Waals surface area contributed by atoms with Crippen LogP contribution in [0.4, 0.5) is 0 Å². The molecule has 1 amide bonds. The minimum Gasteiger partial charge on any atom is -0.496 e. The van der Waals surface area contributed by atoms with Crippen LogP contribution in [0, 0.1) is 6.92 Å². The number of para-hydroxylation sites is 1. The molecule has 2 aromatic rings. The van der Waals surface area contributed by atoms with E-state index in [4.69, 9.17) is 9.47 Å². The van der Waals surface area contributed by atoms with Gasteiger partial charge in [-0.2, -0.15) is 0 Å². The van der Waals surface area contributed by atoms with Gasteiger partial charge < -0.3 is 14.8 Å². The second-order valence-corrected chi connectivity index (χ2v) is 6.65. The smallest absolute Gasteiger partial charge is 0.336 e. The largest absolute Gasteiger partial charge is 0.496 e. The molecule has 0 aliphatic carbocycles. The van der Waals surface area contributed by atoms with Gasteiger partial charge in [-0.15, -0.1) is 0 Å². The third-order valence-electron chi connectivity index (χ3n) is 4.69. The van der Waals surface area contributed by atoms with E-state index in [1.54, 1.807) is 14.0 Å². The maximum Gasteiger partial charge on any atom is 0.336 e. The normalized spacial score (nSPS) is 16.7. The monoisotopic (exact) mass is 365 g/mol. The van der Waals surface area contributed by atoms with Crippen LogP contribution in [0.1, 0.15) is 36.0 Å². The van der Waals surface area contributed by atoms with E-state index in [2.05, 4.69) is 5.32 Å². The Morgan fingerprint density at radius 3 is 2.52 bits per heavy atom. The van der Waals surface area contributed by atoms with E-state index in [-0.39, 0.29) is 18.9 Å². The van der Waals surface area contributed by atoms with Crippen molar-refractivity contribution in [2.24, 2.45) is 0 Å². The lowest BCUT2D eigenvalue weighted by Crippen LogP contribution is -2.34. The number of benzene rings is 2. The SMILES string of the molecule is COc1ccccc1C1CC(=O)NC(C)=C1C(=O)OCc1ccc(C)cc1. The number of hydrogen-bond acceptors (Lipinski definition) is 4. The molecule has 140 valence electrons. The molecule has 27 heavy (non-hydrogen) atoms. The number of nitrogens with one attached hydrogen (secondary N) is 1. The topological polar surface area (TPSA) is 64.6 Å². The molecule has 0 fully saturated rings. The molecular formula is C22H23NO4. The van der Waals surface area contributed by atoms with Crippen LogP contribution in [0.2, 0.25) is 0 Å². The lowest BCUT2D eigenvalue weighted by atomic mass is 9.84. The number of carbonyl (C=O) groups is 2. The number of rotatable bonds is 5. The van der Waals surface area contributed by atoms with Gasteiger partial charge in [0, 0.05) is 23.6 Å². The Morgan fingerprint density at radius 1 is 1.11 bits per heavy atom. The highest BCUT2D eigenvalue weighted by atomic mass is 16.5. The minimum atomic E-state index is -0.427. The van der Waals surface area contributed by atoms with E-state index in [0.29, 0.717) is 17.0 Å². The lowest BCUT2D eigenvalue weighted by Gasteiger charge is -2.27. The molecule has 1 heterocycles. The van der Waals surface area contributed by atoms with Gasteiger partial charge in [0.05, 0.1) is 12.7 Å². The van der Waals surface area contributed by atoms with Gasteiger partial charge in [0.25, 0.3) is 0 Å². The number of methoxy groups -OCH3 is 1. The van der Waals surface area contributed by atoms with Crippen molar-refractivity contribution in [3.63, 3.8) is 0 Å². The van der Waals surface area contributed by atoms with E-state index < -0.39 is 11.9 Å². The standard InChI is InChI=1S/C22H23NO4/c1-14-8-10-16(11-9-14)13-27-22(25)21-15(2)23-20(24)12-18(21)17-6-4-5-7-19(17)26-3/h4-11,18H,12-13H2,1-3H3,(H,23,24). The average Bonchev–Trinajstić information content (AvgIpc) is 2.66. The zero-order valence-electron chi connectivity index (χ0n) is 15.7. The van der Waals surface area contributed by atoms with Crippen molar-refractivity contribution >= 4 is 11.9 Å². The summed E-state index contributed by atoms with van der Waals surface area (Å²) in [6.07, 6.45) is 0.173. The first-order valence-electron chi connectivity index (χ1n) is 8.85. The fourth-order valence-corrected chi connectivity index (χ4v) is 3.30. The van der Waals surface area contributed by atoms with Crippen molar-refractivity contribution < 1.29 is 19.1 Å². The highest BCUT2D eigenvalue weighted by Gasteiger charge is 2.34. The van der Waals surface area contributed by atoms with Gasteiger partial charge in [-0.05, 0) is 25.5 Å². The third-order valence-corrected chi connectivity index (χ3v) is 4.69. The fourth-order valence-electron chi connectivity index (χ4n) is 3.30. The van der Waals surface area contributed by atoms with E-state index >= 15 is 0 Å². The maximum atomic E-state index is 12.9. The van der Waals surface area contributed by atoms with Crippen LogP contribution in [-0.2, 0) is 20.9 Å². The molecule has 1 aliphatic heterocycles. The van der Waals surface area contributed by atoms with E-state index in [0.717, 1.165) is 16.7 Å². The van der Waals surface area contributed by atoms with Crippen LogP contribution in [0.5, 0.6) is 5.75 Å². The van der Waals surface area contributed by atoms with Crippen LogP contribution in [0.25, 0.3) is 0 Å². The molecule has 1 unspecified atom stereocenters. The second-order valence-electron chi connectivity index (χ2n) is 6.65. The molecule has 5 heteroatoms. The first-order valence-corrected chi connectivity index (χ1v) is 8.85. The first kappa shape index (κ1) is 18.7.